The lowest BCUT2D eigenvalue weighted by atomic mass is 9.64. The summed E-state index contributed by atoms with van der Waals surface area (Å²) in [5, 5.41) is 0. The van der Waals surface area contributed by atoms with Gasteiger partial charge in [0.1, 0.15) is 0 Å². The molecule has 0 aromatic carbocycles. The summed E-state index contributed by atoms with van der Waals surface area (Å²) in [7, 11) is 0. The number of hydrogen-bond donors (Lipinski definition) is 0. The van der Waals surface area contributed by atoms with Crippen molar-refractivity contribution >= 4 is 0 Å². The van der Waals surface area contributed by atoms with Crippen LogP contribution in [-0.2, 0) is 0 Å². The fraction of sp³-hybridized carbons (Fsp3) is 1.00. The maximum atomic E-state index is 2.81. The van der Waals surface area contributed by atoms with E-state index in [0.29, 0.717) is 0 Å². The predicted octanol–water partition coefficient (Wildman–Crippen LogP) is 14.2. The van der Waals surface area contributed by atoms with E-state index in [1.54, 1.807) is 186 Å². The number of fused-ring (bicyclic) bond motifs is 6. The molecule has 19 atom stereocenters. The summed E-state index contributed by atoms with van der Waals surface area (Å²) in [5.41, 5.74) is 0. The molecule has 0 nitrogen and oxygen atoms in total. The molecule has 276 valence electrons. The highest BCUT2D eigenvalue weighted by Gasteiger charge is 2.50. The Morgan fingerprint density at radius 1 is 0.224 bits per heavy atom. The third-order valence-corrected chi connectivity index (χ3v) is 20.5. The van der Waals surface area contributed by atoms with Gasteiger partial charge in [0.2, 0.25) is 0 Å². The van der Waals surface area contributed by atoms with Gasteiger partial charge in [-0.2, -0.15) is 0 Å². The Hall–Kier alpha value is 0. The van der Waals surface area contributed by atoms with Crippen molar-refractivity contribution < 1.29 is 0 Å². The zero-order chi connectivity index (χ0) is 32.5. The van der Waals surface area contributed by atoms with Gasteiger partial charge in [-0.15, -0.1) is 0 Å². The molecule has 15 unspecified atom stereocenters. The first-order valence-electron chi connectivity index (χ1n) is 24.1. The first-order chi connectivity index (χ1) is 24.1. The van der Waals surface area contributed by atoms with Crippen LogP contribution in [-0.4, -0.2) is 0 Å². The van der Waals surface area contributed by atoms with Gasteiger partial charge in [0.05, 0.1) is 0 Å². The van der Waals surface area contributed by atoms with E-state index in [2.05, 4.69) is 6.92 Å². The van der Waals surface area contributed by atoms with Gasteiger partial charge in [0.15, 0.2) is 0 Å². The first-order valence-corrected chi connectivity index (χ1v) is 24.1. The van der Waals surface area contributed by atoms with E-state index in [9.17, 15) is 0 Å². The lowest BCUT2D eigenvalue weighted by Crippen LogP contribution is -2.32. The summed E-state index contributed by atoms with van der Waals surface area (Å²) < 4.78 is 0. The normalized spacial score (nSPS) is 56.1. The molecule has 10 aliphatic rings. The Kier molecular flexibility index (Phi) is 9.82. The molecule has 0 heteroatoms. The molecule has 0 saturated heterocycles. The van der Waals surface area contributed by atoms with Gasteiger partial charge in [-0.05, 0) is 234 Å². The van der Waals surface area contributed by atoms with Gasteiger partial charge < -0.3 is 0 Å². The zero-order valence-corrected chi connectivity index (χ0v) is 32.5. The first kappa shape index (κ1) is 33.6. The summed E-state index contributed by atoms with van der Waals surface area (Å²) in [6.45, 7) is 2.81. The third kappa shape index (κ3) is 6.71. The molecule has 0 spiro atoms. The Morgan fingerprint density at radius 2 is 0.571 bits per heavy atom. The smallest absolute Gasteiger partial charge is 0.0352 e. The number of rotatable bonds is 0. The Morgan fingerprint density at radius 3 is 1.12 bits per heavy atom. The predicted molar refractivity (Wildman–Crippen MR) is 206 cm³/mol. The summed E-state index contributed by atoms with van der Waals surface area (Å²) in [5.74, 6) is 20.7. The van der Waals surface area contributed by atoms with Gasteiger partial charge in [0, 0.05) is 0 Å². The minimum absolute atomic E-state index is 0.995. The molecule has 0 N–H and O–H groups in total. The maximum Gasteiger partial charge on any atom is -0.0352 e. The second kappa shape index (κ2) is 14.3. The molecule has 10 fully saturated rings. The zero-order valence-electron chi connectivity index (χ0n) is 32.5. The largest absolute Gasteiger partial charge is 0.0622 e. The molecule has 0 aromatic rings. The van der Waals surface area contributed by atoms with Crippen LogP contribution in [0.1, 0.15) is 193 Å². The average molecular weight is 669 g/mol. The molecule has 10 rings (SSSR count). The molecular formula is C49H80. The van der Waals surface area contributed by atoms with Gasteiger partial charge in [-0.3, -0.25) is 0 Å². The third-order valence-electron chi connectivity index (χ3n) is 20.5. The molecule has 18 bridgehead atoms. The second-order valence-electron chi connectivity index (χ2n) is 22.6. The van der Waals surface area contributed by atoms with Crippen molar-refractivity contribution in [3.8, 4) is 0 Å². The Balaban J connectivity index is 1.09. The summed E-state index contributed by atoms with van der Waals surface area (Å²) in [4.78, 5) is 0. The fourth-order valence-corrected chi connectivity index (χ4v) is 18.5. The average Bonchev–Trinajstić information content (AvgIpc) is 3.88. The molecule has 10 aliphatic carbocycles. The summed E-state index contributed by atoms with van der Waals surface area (Å²) >= 11 is 0. The van der Waals surface area contributed by atoms with Crippen LogP contribution in [0.15, 0.2) is 0 Å². The molecule has 10 saturated carbocycles. The van der Waals surface area contributed by atoms with E-state index in [-0.39, 0.29) is 0 Å². The highest BCUT2D eigenvalue weighted by molar-refractivity contribution is 5.00. The Bertz CT molecular complexity index is 1110. The van der Waals surface area contributed by atoms with Crippen LogP contribution in [0.2, 0.25) is 0 Å². The van der Waals surface area contributed by atoms with Crippen molar-refractivity contribution in [2.45, 2.75) is 193 Å². The van der Waals surface area contributed by atoms with E-state index >= 15 is 0 Å². The monoisotopic (exact) mass is 669 g/mol. The van der Waals surface area contributed by atoms with E-state index in [1.807, 2.05) is 0 Å². The van der Waals surface area contributed by atoms with Crippen molar-refractivity contribution in [3.63, 3.8) is 0 Å². The van der Waals surface area contributed by atoms with Crippen LogP contribution < -0.4 is 0 Å². The molecule has 0 radical (unpaired) electrons. The lowest BCUT2D eigenvalue weighted by molar-refractivity contribution is 0.0861. The summed E-state index contributed by atoms with van der Waals surface area (Å²) in [6, 6.07) is 0. The van der Waals surface area contributed by atoms with Crippen LogP contribution in [0.25, 0.3) is 0 Å². The van der Waals surface area contributed by atoms with Crippen molar-refractivity contribution in [1.82, 2.24) is 0 Å². The minimum Gasteiger partial charge on any atom is -0.0622 e. The van der Waals surface area contributed by atoms with E-state index < -0.39 is 0 Å². The standard InChI is InChI=1S/C49H80/c1-31-11-12-37-13-14-39-23-32-5-2-7-34(21-32)25-42-17-19-44(31)48(42)30-47-40-15-16-41(47)28-36-9-4-10-38(27-36)45-20-18-43(49(45)29-46(37)39)26-35-8-3-6-33(22-35)24-40/h31-49H,2-30H2,1H3/t31-,32?,33?,34?,35?,36?,37?,38-,39?,40?,41?,42?,43?,44?,45?,46-,47?,48+,49?/m0/s1. The highest BCUT2D eigenvalue weighted by Crippen LogP contribution is 2.60. The van der Waals surface area contributed by atoms with Gasteiger partial charge in [0.25, 0.3) is 0 Å². The quantitative estimate of drug-likeness (QED) is 0.241. The van der Waals surface area contributed by atoms with Gasteiger partial charge in [-0.25, -0.2) is 0 Å². The van der Waals surface area contributed by atoms with E-state index in [1.165, 1.54) is 0 Å². The topological polar surface area (TPSA) is 0 Å². The van der Waals surface area contributed by atoms with Crippen molar-refractivity contribution in [1.29, 1.82) is 0 Å². The highest BCUT2D eigenvalue weighted by atomic mass is 14.6. The molecular weight excluding hydrogens is 589 g/mol. The molecule has 0 heterocycles. The van der Waals surface area contributed by atoms with Crippen molar-refractivity contribution in [3.05, 3.63) is 0 Å². The van der Waals surface area contributed by atoms with Crippen LogP contribution in [0.3, 0.4) is 0 Å². The van der Waals surface area contributed by atoms with E-state index in [4.69, 9.17) is 0 Å². The van der Waals surface area contributed by atoms with Crippen LogP contribution >= 0.6 is 0 Å². The molecule has 0 amide bonds. The SMILES string of the molecule is C[C@H]1CCC2CCC3CC4CCCC(C4)CC4CCC1[C@@H]4CC1C4CCC1CC1CCC[C@@H](C1)C1CCC(CC5CCCC(C5)C4)C1C[C@@H]23. The molecule has 49 heavy (non-hydrogen) atoms. The van der Waals surface area contributed by atoms with Crippen LogP contribution in [0.4, 0.5) is 0 Å². The fourth-order valence-electron chi connectivity index (χ4n) is 18.5. The number of hydrogen-bond acceptors (Lipinski definition) is 0. The summed E-state index contributed by atoms with van der Waals surface area (Å²) in [6.07, 6.45) is 47.3. The van der Waals surface area contributed by atoms with Gasteiger partial charge >= 0.3 is 0 Å². The molecule has 0 aliphatic heterocycles. The maximum absolute atomic E-state index is 2.81. The van der Waals surface area contributed by atoms with Crippen molar-refractivity contribution in [2.24, 2.45) is 112 Å². The molecule has 0 aromatic heterocycles. The Labute approximate surface area is 304 Å². The van der Waals surface area contributed by atoms with E-state index in [0.717, 1.165) is 112 Å². The van der Waals surface area contributed by atoms with Crippen LogP contribution in [0, 0.1) is 112 Å². The minimum atomic E-state index is 0.995. The van der Waals surface area contributed by atoms with Gasteiger partial charge in [-0.1, -0.05) is 71.1 Å². The van der Waals surface area contributed by atoms with Crippen LogP contribution in [0.5, 0.6) is 0 Å². The lowest BCUT2D eigenvalue weighted by Gasteiger charge is -2.41. The van der Waals surface area contributed by atoms with Crippen molar-refractivity contribution in [2.75, 3.05) is 0 Å². The second-order valence-corrected chi connectivity index (χ2v) is 22.6.